The molecule has 0 aliphatic carbocycles. The van der Waals surface area contributed by atoms with Gasteiger partial charge in [0.05, 0.1) is 5.52 Å². The van der Waals surface area contributed by atoms with Gasteiger partial charge in [0.15, 0.2) is 0 Å². The molecule has 5 heteroatoms. The summed E-state index contributed by atoms with van der Waals surface area (Å²) in [5.74, 6) is 1.06. The first-order valence-corrected chi connectivity index (χ1v) is 10.1. The number of aromatic nitrogens is 1. The molecule has 154 valence electrons. The molecule has 31 heavy (non-hydrogen) atoms. The highest BCUT2D eigenvalue weighted by Crippen LogP contribution is 2.31. The highest BCUT2D eigenvalue weighted by molar-refractivity contribution is 5.99. The lowest BCUT2D eigenvalue weighted by Crippen LogP contribution is -2.22. The van der Waals surface area contributed by atoms with Crippen molar-refractivity contribution in [3.8, 4) is 5.75 Å². The number of hydrogen-bond donors (Lipinski definition) is 0. The van der Waals surface area contributed by atoms with Crippen LogP contribution in [0.25, 0.3) is 16.8 Å². The highest BCUT2D eigenvalue weighted by atomic mass is 16.7. The molecule has 2 heterocycles. The molecular formula is C26H21NO4. The summed E-state index contributed by atoms with van der Waals surface area (Å²) in [4.78, 5) is 12.6. The first-order chi connectivity index (χ1) is 15.2. The smallest absolute Gasteiger partial charge is 0.306 e. The Bertz CT molecular complexity index is 1260. The van der Waals surface area contributed by atoms with Crippen molar-refractivity contribution >= 4 is 22.6 Å². The molecule has 0 saturated heterocycles. The number of Topliss-reactive ketones (excluding diaryl/α,β-unsaturated/α-hetero) is 1. The second kappa shape index (κ2) is 8.03. The third-order valence-electron chi connectivity index (χ3n) is 5.25. The molecule has 0 N–H and O–H groups in total. The number of ether oxygens (including phenoxy) is 3. The number of benzene rings is 3. The molecule has 0 fully saturated rings. The molecule has 1 unspecified atom stereocenters. The summed E-state index contributed by atoms with van der Waals surface area (Å²) in [6.07, 6.45) is 2.48. The van der Waals surface area contributed by atoms with Crippen LogP contribution < -0.4 is 4.74 Å². The number of rotatable bonds is 6. The molecule has 3 aromatic carbocycles. The van der Waals surface area contributed by atoms with Gasteiger partial charge in [-0.15, -0.1) is 0 Å². The Labute approximate surface area is 180 Å². The summed E-state index contributed by atoms with van der Waals surface area (Å²) in [6, 6.07) is 25.0. The van der Waals surface area contributed by atoms with Crippen LogP contribution in [0.5, 0.6) is 5.75 Å². The van der Waals surface area contributed by atoms with Crippen LogP contribution >= 0.6 is 0 Å². The van der Waals surface area contributed by atoms with Crippen LogP contribution in [0.3, 0.4) is 0 Å². The van der Waals surface area contributed by atoms with Gasteiger partial charge in [0.1, 0.15) is 18.6 Å². The standard InChI is InChI=1S/C26H21NO4/c1-18-15-27(24-17-30-26(31-24)25(28)20-10-6-3-7-11-20)23-13-12-21(14-22(18)23)29-16-19-8-4-2-5-9-19/h2-15,17,26H,16H2,1H3. The van der Waals surface area contributed by atoms with E-state index in [1.54, 1.807) is 12.1 Å². The topological polar surface area (TPSA) is 49.7 Å². The maximum atomic E-state index is 12.6. The average Bonchev–Trinajstić information content (AvgIpc) is 3.43. The summed E-state index contributed by atoms with van der Waals surface area (Å²) < 4.78 is 19.2. The normalized spacial score (nSPS) is 15.3. The summed E-state index contributed by atoms with van der Waals surface area (Å²) in [5.41, 5.74) is 3.69. The maximum absolute atomic E-state index is 12.6. The van der Waals surface area contributed by atoms with Crippen molar-refractivity contribution in [1.29, 1.82) is 0 Å². The van der Waals surface area contributed by atoms with Gasteiger partial charge < -0.3 is 14.2 Å². The number of carbonyl (C=O) groups excluding carboxylic acids is 1. The Kier molecular flexibility index (Phi) is 4.92. The average molecular weight is 411 g/mol. The second-order valence-corrected chi connectivity index (χ2v) is 7.41. The lowest BCUT2D eigenvalue weighted by molar-refractivity contribution is -0.00352. The Hall–Kier alpha value is -3.99. The van der Waals surface area contributed by atoms with Gasteiger partial charge >= 0.3 is 6.29 Å². The molecule has 5 rings (SSSR count). The van der Waals surface area contributed by atoms with E-state index < -0.39 is 6.29 Å². The fraction of sp³-hybridized carbons (Fsp3) is 0.115. The molecule has 0 radical (unpaired) electrons. The van der Waals surface area contributed by atoms with Crippen LogP contribution in [0.4, 0.5) is 0 Å². The minimum Gasteiger partial charge on any atom is -0.489 e. The van der Waals surface area contributed by atoms with Crippen molar-refractivity contribution in [2.45, 2.75) is 19.8 Å². The highest BCUT2D eigenvalue weighted by Gasteiger charge is 2.29. The van der Waals surface area contributed by atoms with Gasteiger partial charge in [0.25, 0.3) is 0 Å². The number of ketones is 1. The lowest BCUT2D eigenvalue weighted by atomic mass is 10.1. The van der Waals surface area contributed by atoms with Gasteiger partial charge in [0.2, 0.25) is 11.7 Å². The molecular weight excluding hydrogens is 390 g/mol. The van der Waals surface area contributed by atoms with E-state index in [-0.39, 0.29) is 5.78 Å². The van der Waals surface area contributed by atoms with Crippen molar-refractivity contribution in [3.05, 3.63) is 108 Å². The van der Waals surface area contributed by atoms with E-state index in [0.717, 1.165) is 27.8 Å². The zero-order valence-electron chi connectivity index (χ0n) is 17.0. The quantitative estimate of drug-likeness (QED) is 0.391. The fourth-order valence-corrected chi connectivity index (χ4v) is 3.64. The molecule has 0 amide bonds. The summed E-state index contributed by atoms with van der Waals surface area (Å²) in [5, 5.41) is 1.05. The SMILES string of the molecule is Cc1cn(C2=COC(C(=O)c3ccccc3)O2)c2ccc(OCc3ccccc3)cc12. The van der Waals surface area contributed by atoms with E-state index in [1.807, 2.05) is 84.4 Å². The number of carbonyl (C=O) groups is 1. The van der Waals surface area contributed by atoms with E-state index in [9.17, 15) is 4.79 Å². The minimum atomic E-state index is -0.983. The zero-order valence-corrected chi connectivity index (χ0v) is 17.0. The van der Waals surface area contributed by atoms with Gasteiger partial charge in [-0.3, -0.25) is 9.36 Å². The number of nitrogens with zero attached hydrogens (tertiary/aromatic N) is 1. The van der Waals surface area contributed by atoms with Crippen molar-refractivity contribution in [2.75, 3.05) is 0 Å². The van der Waals surface area contributed by atoms with Crippen LogP contribution in [0.1, 0.15) is 21.5 Å². The van der Waals surface area contributed by atoms with Crippen molar-refractivity contribution in [2.24, 2.45) is 0 Å². The number of hydrogen-bond acceptors (Lipinski definition) is 4. The van der Waals surface area contributed by atoms with Gasteiger partial charge in [0, 0.05) is 17.1 Å². The zero-order chi connectivity index (χ0) is 21.2. The van der Waals surface area contributed by atoms with Crippen molar-refractivity contribution in [1.82, 2.24) is 4.57 Å². The molecule has 0 bridgehead atoms. The van der Waals surface area contributed by atoms with E-state index in [1.165, 1.54) is 6.26 Å². The van der Waals surface area contributed by atoms with E-state index in [0.29, 0.717) is 18.1 Å². The predicted molar refractivity (Wildman–Crippen MR) is 118 cm³/mol. The van der Waals surface area contributed by atoms with Crippen LogP contribution in [-0.2, 0) is 16.1 Å². The molecule has 4 aromatic rings. The first kappa shape index (κ1) is 19.0. The van der Waals surface area contributed by atoms with Gasteiger partial charge in [-0.25, -0.2) is 0 Å². The van der Waals surface area contributed by atoms with Crippen LogP contribution in [0.15, 0.2) is 91.3 Å². The second-order valence-electron chi connectivity index (χ2n) is 7.41. The Balaban J connectivity index is 1.34. The van der Waals surface area contributed by atoms with Gasteiger partial charge in [-0.05, 0) is 36.2 Å². The van der Waals surface area contributed by atoms with Crippen LogP contribution in [0.2, 0.25) is 0 Å². The van der Waals surface area contributed by atoms with Crippen molar-refractivity contribution < 1.29 is 19.0 Å². The molecule has 1 aliphatic heterocycles. The first-order valence-electron chi connectivity index (χ1n) is 10.1. The van der Waals surface area contributed by atoms with E-state index >= 15 is 0 Å². The fourth-order valence-electron chi connectivity index (χ4n) is 3.64. The Morgan fingerprint density at radius 1 is 1.00 bits per heavy atom. The molecule has 1 aromatic heterocycles. The van der Waals surface area contributed by atoms with E-state index in [2.05, 4.69) is 0 Å². The largest absolute Gasteiger partial charge is 0.489 e. The third-order valence-corrected chi connectivity index (χ3v) is 5.25. The molecule has 1 atom stereocenters. The Morgan fingerprint density at radius 3 is 2.52 bits per heavy atom. The monoisotopic (exact) mass is 411 g/mol. The maximum Gasteiger partial charge on any atom is 0.306 e. The van der Waals surface area contributed by atoms with Gasteiger partial charge in [-0.1, -0.05) is 60.7 Å². The predicted octanol–water partition coefficient (Wildman–Crippen LogP) is 5.54. The minimum absolute atomic E-state index is 0.211. The summed E-state index contributed by atoms with van der Waals surface area (Å²) in [7, 11) is 0. The lowest BCUT2D eigenvalue weighted by Gasteiger charge is -2.12. The summed E-state index contributed by atoms with van der Waals surface area (Å²) >= 11 is 0. The van der Waals surface area contributed by atoms with E-state index in [4.69, 9.17) is 14.2 Å². The molecule has 1 aliphatic rings. The molecule has 5 nitrogen and oxygen atoms in total. The molecule has 0 saturated carbocycles. The Morgan fingerprint density at radius 2 is 1.74 bits per heavy atom. The van der Waals surface area contributed by atoms with Crippen LogP contribution in [-0.4, -0.2) is 16.6 Å². The number of aryl methyl sites for hydroxylation is 1. The van der Waals surface area contributed by atoms with Crippen LogP contribution in [0, 0.1) is 6.92 Å². The molecule has 0 spiro atoms. The summed E-state index contributed by atoms with van der Waals surface area (Å²) in [6.45, 7) is 2.54. The third kappa shape index (κ3) is 3.78. The number of fused-ring (bicyclic) bond motifs is 1. The van der Waals surface area contributed by atoms with Gasteiger partial charge in [-0.2, -0.15) is 0 Å². The van der Waals surface area contributed by atoms with Crippen molar-refractivity contribution in [3.63, 3.8) is 0 Å².